The molecule has 0 spiro atoms. The van der Waals surface area contributed by atoms with E-state index < -0.39 is 10.0 Å². The van der Waals surface area contributed by atoms with Crippen LogP contribution in [-0.2, 0) is 14.8 Å². The molecule has 0 aromatic heterocycles. The van der Waals surface area contributed by atoms with Crippen LogP contribution in [0.1, 0.15) is 39.0 Å². The SMILES string of the molecule is CCOCCS(=O)(=O)N1CCCC1C1CCCC1O. The summed E-state index contributed by atoms with van der Waals surface area (Å²) in [5, 5.41) is 10.0. The second-order valence-electron chi connectivity index (χ2n) is 5.50. The highest BCUT2D eigenvalue weighted by molar-refractivity contribution is 7.89. The van der Waals surface area contributed by atoms with Gasteiger partial charge in [0.05, 0.1) is 18.5 Å². The maximum Gasteiger partial charge on any atom is 0.216 e. The fourth-order valence-corrected chi connectivity index (χ4v) is 5.03. The molecule has 1 saturated carbocycles. The third kappa shape index (κ3) is 3.48. The van der Waals surface area contributed by atoms with E-state index in [4.69, 9.17) is 4.74 Å². The minimum atomic E-state index is -3.25. The Hall–Kier alpha value is -0.170. The molecule has 2 aliphatic rings. The Balaban J connectivity index is 2.01. The lowest BCUT2D eigenvalue weighted by atomic mass is 9.95. The minimum absolute atomic E-state index is 0.00382. The lowest BCUT2D eigenvalue weighted by Gasteiger charge is -2.30. The molecule has 5 nitrogen and oxygen atoms in total. The molecule has 19 heavy (non-hydrogen) atoms. The lowest BCUT2D eigenvalue weighted by Crippen LogP contribution is -2.43. The fourth-order valence-electron chi connectivity index (χ4n) is 3.38. The first-order chi connectivity index (χ1) is 9.06. The molecule has 2 rings (SSSR count). The molecule has 0 radical (unpaired) electrons. The van der Waals surface area contributed by atoms with Crippen molar-refractivity contribution in [2.75, 3.05) is 25.5 Å². The molecule has 0 aromatic rings. The van der Waals surface area contributed by atoms with Crippen LogP contribution in [-0.4, -0.2) is 55.5 Å². The molecule has 3 unspecified atom stereocenters. The number of aliphatic hydroxyl groups excluding tert-OH is 1. The Labute approximate surface area is 116 Å². The quantitative estimate of drug-likeness (QED) is 0.741. The molecule has 2 fully saturated rings. The van der Waals surface area contributed by atoms with Crippen LogP contribution in [0.2, 0.25) is 0 Å². The van der Waals surface area contributed by atoms with Crippen molar-refractivity contribution in [2.45, 2.75) is 51.2 Å². The summed E-state index contributed by atoms with van der Waals surface area (Å²) in [6.07, 6.45) is 4.23. The van der Waals surface area contributed by atoms with E-state index >= 15 is 0 Å². The summed E-state index contributed by atoms with van der Waals surface area (Å²) in [6.45, 7) is 3.26. The normalized spacial score (nSPS) is 33.1. The lowest BCUT2D eigenvalue weighted by molar-refractivity contribution is 0.0970. The number of rotatable bonds is 6. The summed E-state index contributed by atoms with van der Waals surface area (Å²) >= 11 is 0. The molecule has 1 saturated heterocycles. The summed E-state index contributed by atoms with van der Waals surface area (Å²) in [4.78, 5) is 0. The van der Waals surface area contributed by atoms with Gasteiger partial charge < -0.3 is 9.84 Å². The maximum absolute atomic E-state index is 12.3. The summed E-state index contributed by atoms with van der Waals surface area (Å²) in [7, 11) is -3.25. The van der Waals surface area contributed by atoms with E-state index in [0.29, 0.717) is 13.2 Å². The number of hydrogen-bond acceptors (Lipinski definition) is 4. The Morgan fingerprint density at radius 3 is 2.68 bits per heavy atom. The fraction of sp³-hybridized carbons (Fsp3) is 1.00. The summed E-state index contributed by atoms with van der Waals surface area (Å²) in [6, 6.07) is 0.00382. The van der Waals surface area contributed by atoms with Gasteiger partial charge in [-0.05, 0) is 32.6 Å². The molecule has 1 heterocycles. The van der Waals surface area contributed by atoms with E-state index in [-0.39, 0.29) is 30.4 Å². The van der Waals surface area contributed by atoms with Gasteiger partial charge in [0, 0.05) is 25.1 Å². The van der Waals surface area contributed by atoms with Crippen LogP contribution in [0.4, 0.5) is 0 Å². The van der Waals surface area contributed by atoms with E-state index in [0.717, 1.165) is 32.1 Å². The van der Waals surface area contributed by atoms with Crippen LogP contribution in [0.5, 0.6) is 0 Å². The van der Waals surface area contributed by atoms with E-state index in [9.17, 15) is 13.5 Å². The number of ether oxygens (including phenoxy) is 1. The Morgan fingerprint density at radius 1 is 1.26 bits per heavy atom. The van der Waals surface area contributed by atoms with Crippen molar-refractivity contribution in [1.29, 1.82) is 0 Å². The van der Waals surface area contributed by atoms with Gasteiger partial charge in [0.15, 0.2) is 0 Å². The Morgan fingerprint density at radius 2 is 2.05 bits per heavy atom. The number of hydrogen-bond donors (Lipinski definition) is 1. The first kappa shape index (κ1) is 15.2. The van der Waals surface area contributed by atoms with Gasteiger partial charge in [-0.1, -0.05) is 6.42 Å². The summed E-state index contributed by atoms with van der Waals surface area (Å²) in [5.74, 6) is 0.185. The van der Waals surface area contributed by atoms with Crippen molar-refractivity contribution in [3.8, 4) is 0 Å². The summed E-state index contributed by atoms with van der Waals surface area (Å²) in [5.41, 5.74) is 0. The molecule has 1 aliphatic carbocycles. The van der Waals surface area contributed by atoms with Crippen LogP contribution in [0.15, 0.2) is 0 Å². The number of sulfonamides is 1. The molecular formula is C13H25NO4S. The Kier molecular flexibility index (Phi) is 5.22. The highest BCUT2D eigenvalue weighted by Gasteiger charge is 2.42. The van der Waals surface area contributed by atoms with Crippen molar-refractivity contribution < 1.29 is 18.3 Å². The zero-order chi connectivity index (χ0) is 13.9. The monoisotopic (exact) mass is 291 g/mol. The molecule has 0 amide bonds. The second kappa shape index (κ2) is 6.52. The van der Waals surface area contributed by atoms with Crippen LogP contribution in [0, 0.1) is 5.92 Å². The van der Waals surface area contributed by atoms with Gasteiger partial charge in [-0.15, -0.1) is 0 Å². The van der Waals surface area contributed by atoms with Crippen LogP contribution >= 0.6 is 0 Å². The minimum Gasteiger partial charge on any atom is -0.393 e. The third-order valence-corrected chi connectivity index (χ3v) is 6.17. The van der Waals surface area contributed by atoms with Crippen molar-refractivity contribution in [3.05, 3.63) is 0 Å². The van der Waals surface area contributed by atoms with Crippen molar-refractivity contribution >= 4 is 10.0 Å². The molecule has 1 N–H and O–H groups in total. The van der Waals surface area contributed by atoms with Gasteiger partial charge in [0.25, 0.3) is 0 Å². The average Bonchev–Trinajstić information content (AvgIpc) is 2.97. The van der Waals surface area contributed by atoms with Crippen molar-refractivity contribution in [3.63, 3.8) is 0 Å². The van der Waals surface area contributed by atoms with Crippen molar-refractivity contribution in [2.24, 2.45) is 5.92 Å². The molecule has 1 aliphatic heterocycles. The third-order valence-electron chi connectivity index (χ3n) is 4.32. The van der Waals surface area contributed by atoms with Crippen LogP contribution < -0.4 is 0 Å². The predicted octanol–water partition coefficient (Wildman–Crippen LogP) is 0.978. The van der Waals surface area contributed by atoms with Gasteiger partial charge >= 0.3 is 0 Å². The molecule has 112 valence electrons. The second-order valence-corrected chi connectivity index (χ2v) is 7.54. The van der Waals surface area contributed by atoms with E-state index in [2.05, 4.69) is 0 Å². The maximum atomic E-state index is 12.3. The van der Waals surface area contributed by atoms with Crippen LogP contribution in [0.25, 0.3) is 0 Å². The predicted molar refractivity (Wildman–Crippen MR) is 73.4 cm³/mol. The highest BCUT2D eigenvalue weighted by atomic mass is 32.2. The first-order valence-corrected chi connectivity index (χ1v) is 8.92. The summed E-state index contributed by atoms with van der Waals surface area (Å²) < 4.78 is 31.5. The van der Waals surface area contributed by atoms with Gasteiger partial charge in [-0.3, -0.25) is 0 Å². The smallest absolute Gasteiger partial charge is 0.216 e. The topological polar surface area (TPSA) is 66.8 Å². The zero-order valence-electron chi connectivity index (χ0n) is 11.6. The van der Waals surface area contributed by atoms with E-state index in [1.54, 1.807) is 4.31 Å². The van der Waals surface area contributed by atoms with Gasteiger partial charge in [-0.2, -0.15) is 4.31 Å². The van der Waals surface area contributed by atoms with Crippen molar-refractivity contribution in [1.82, 2.24) is 4.31 Å². The van der Waals surface area contributed by atoms with Crippen LogP contribution in [0.3, 0.4) is 0 Å². The number of nitrogens with zero attached hydrogens (tertiary/aromatic N) is 1. The largest absolute Gasteiger partial charge is 0.393 e. The van der Waals surface area contributed by atoms with E-state index in [1.807, 2.05) is 6.92 Å². The standard InChI is InChI=1S/C13H25NO4S/c1-2-18-9-10-19(16,17)14-8-4-6-12(14)11-5-3-7-13(11)15/h11-13,15H,2-10H2,1H3. The van der Waals surface area contributed by atoms with Gasteiger partial charge in [-0.25, -0.2) is 8.42 Å². The first-order valence-electron chi connectivity index (χ1n) is 7.31. The average molecular weight is 291 g/mol. The van der Waals surface area contributed by atoms with Gasteiger partial charge in [0.1, 0.15) is 0 Å². The molecule has 0 aromatic carbocycles. The molecular weight excluding hydrogens is 266 g/mol. The molecule has 3 atom stereocenters. The highest BCUT2D eigenvalue weighted by Crippen LogP contribution is 2.37. The number of aliphatic hydroxyl groups is 1. The molecule has 6 heteroatoms. The Bertz CT molecular complexity index is 384. The zero-order valence-corrected chi connectivity index (χ0v) is 12.4. The van der Waals surface area contributed by atoms with Gasteiger partial charge in [0.2, 0.25) is 10.0 Å². The molecule has 0 bridgehead atoms. The van der Waals surface area contributed by atoms with E-state index in [1.165, 1.54) is 0 Å².